The van der Waals surface area contributed by atoms with Gasteiger partial charge in [0.15, 0.2) is 0 Å². The number of rotatable bonds is 14. The van der Waals surface area contributed by atoms with E-state index in [1.807, 2.05) is 20.8 Å². The molecule has 1 rings (SSSR count). The minimum Gasteiger partial charge on any atom is -0.444 e. The number of hydrogen-bond donors (Lipinski definition) is 1. The van der Waals surface area contributed by atoms with Crippen molar-refractivity contribution in [3.63, 3.8) is 0 Å². The molecule has 1 heterocycles. The Kier molecular flexibility index (Phi) is 13.6. The highest BCUT2D eigenvalue weighted by Gasteiger charge is 2.43. The van der Waals surface area contributed by atoms with E-state index in [-0.39, 0.29) is 24.4 Å². The van der Waals surface area contributed by atoms with Crippen LogP contribution in [0.2, 0.25) is 0 Å². The number of alkyl carbamates (subject to hydrolysis) is 1. The lowest BCUT2D eigenvalue weighted by atomic mass is 9.97. The molecule has 0 radical (unpaired) electrons. The fraction of sp³-hybridized carbons (Fsp3) is 0.957. The van der Waals surface area contributed by atoms with E-state index >= 15 is 0 Å². The lowest BCUT2D eigenvalue weighted by Gasteiger charge is -2.42. The van der Waals surface area contributed by atoms with Gasteiger partial charge in [-0.3, -0.25) is 0 Å². The average molecular weight is 432 g/mol. The van der Waals surface area contributed by atoms with Crippen LogP contribution in [0, 0.1) is 0 Å². The van der Waals surface area contributed by atoms with Crippen molar-refractivity contribution >= 4 is 6.09 Å². The fourth-order valence-electron chi connectivity index (χ4n) is 3.17. The fourth-order valence-corrected chi connectivity index (χ4v) is 3.17. The van der Waals surface area contributed by atoms with Crippen molar-refractivity contribution in [3.8, 4) is 0 Å². The molecule has 7 heteroatoms. The van der Waals surface area contributed by atoms with Crippen molar-refractivity contribution in [1.82, 2.24) is 5.32 Å². The first-order chi connectivity index (χ1) is 14.3. The van der Waals surface area contributed by atoms with Crippen molar-refractivity contribution in [2.45, 2.75) is 110 Å². The summed E-state index contributed by atoms with van der Waals surface area (Å²) in [6.07, 6.45) is 4.82. The zero-order valence-electron chi connectivity index (χ0n) is 20.0. The van der Waals surface area contributed by atoms with Crippen molar-refractivity contribution < 1.29 is 28.5 Å². The van der Waals surface area contributed by atoms with Gasteiger partial charge < -0.3 is 29.0 Å². The molecule has 7 nitrogen and oxygen atoms in total. The first-order valence-electron chi connectivity index (χ1n) is 11.7. The van der Waals surface area contributed by atoms with Crippen LogP contribution in [0.15, 0.2) is 0 Å². The number of ether oxygens (including phenoxy) is 5. The van der Waals surface area contributed by atoms with Crippen LogP contribution in [0.3, 0.4) is 0 Å². The number of hydrogen-bond acceptors (Lipinski definition) is 6. The molecule has 0 spiro atoms. The van der Waals surface area contributed by atoms with Gasteiger partial charge in [-0.1, -0.05) is 40.0 Å². The third-order valence-corrected chi connectivity index (χ3v) is 4.82. The molecule has 1 fully saturated rings. The minimum absolute atomic E-state index is 0.220. The van der Waals surface area contributed by atoms with E-state index in [0.29, 0.717) is 33.0 Å². The van der Waals surface area contributed by atoms with Gasteiger partial charge in [-0.15, -0.1) is 0 Å². The molecule has 0 aliphatic carbocycles. The minimum atomic E-state index is -0.565. The predicted octanol–water partition coefficient (Wildman–Crippen LogP) is 4.47. The maximum Gasteiger partial charge on any atom is 0.408 e. The summed E-state index contributed by atoms with van der Waals surface area (Å²) in [7, 11) is 0. The van der Waals surface area contributed by atoms with E-state index in [1.165, 1.54) is 0 Å². The number of nitrogens with one attached hydrogen (secondary N) is 1. The number of carbonyl (C=O) groups is 1. The molecule has 1 aliphatic rings. The van der Waals surface area contributed by atoms with Gasteiger partial charge in [0, 0.05) is 19.8 Å². The van der Waals surface area contributed by atoms with Gasteiger partial charge in [0.05, 0.1) is 19.3 Å². The van der Waals surface area contributed by atoms with Crippen LogP contribution in [0.5, 0.6) is 0 Å². The van der Waals surface area contributed by atoms with Crippen LogP contribution in [-0.2, 0) is 23.7 Å². The summed E-state index contributed by atoms with van der Waals surface area (Å²) in [5.41, 5.74) is -0.565. The van der Waals surface area contributed by atoms with E-state index < -0.39 is 11.7 Å². The van der Waals surface area contributed by atoms with Crippen LogP contribution >= 0.6 is 0 Å². The summed E-state index contributed by atoms with van der Waals surface area (Å²) in [6.45, 7) is 14.7. The van der Waals surface area contributed by atoms with Crippen molar-refractivity contribution in [3.05, 3.63) is 0 Å². The Labute approximate surface area is 183 Å². The number of unbranched alkanes of at least 4 members (excludes halogenated alkanes) is 3. The molecule has 0 bridgehead atoms. The van der Waals surface area contributed by atoms with Crippen molar-refractivity contribution in [2.24, 2.45) is 0 Å². The highest BCUT2D eigenvalue weighted by Crippen LogP contribution is 2.24. The van der Waals surface area contributed by atoms with Gasteiger partial charge in [-0.05, 0) is 40.0 Å². The Morgan fingerprint density at radius 1 is 0.933 bits per heavy atom. The number of amides is 1. The van der Waals surface area contributed by atoms with Crippen LogP contribution in [0.4, 0.5) is 4.79 Å². The number of carbonyl (C=O) groups excluding carboxylic acids is 1. The second kappa shape index (κ2) is 15.0. The van der Waals surface area contributed by atoms with Crippen molar-refractivity contribution in [1.29, 1.82) is 0 Å². The first-order valence-corrected chi connectivity index (χ1v) is 11.7. The van der Waals surface area contributed by atoms with Gasteiger partial charge in [-0.25, -0.2) is 4.79 Å². The summed E-state index contributed by atoms with van der Waals surface area (Å²) in [5.74, 6) is 0. The topological polar surface area (TPSA) is 75.3 Å². The smallest absolute Gasteiger partial charge is 0.408 e. The molecule has 178 valence electrons. The Hall–Kier alpha value is -0.890. The molecule has 0 saturated carbocycles. The van der Waals surface area contributed by atoms with Gasteiger partial charge in [0.25, 0.3) is 0 Å². The summed E-state index contributed by atoms with van der Waals surface area (Å²) in [5, 5.41) is 2.94. The SMILES string of the molecule is CCCCOC[C@H]1OC[C@@H](NC(=O)OC(C)(C)C)[C@@H](OCCCC)[C@H]1OCCCC. The zero-order valence-corrected chi connectivity index (χ0v) is 20.0. The van der Waals surface area contributed by atoms with Gasteiger partial charge in [-0.2, -0.15) is 0 Å². The molecule has 0 aromatic rings. The quantitative estimate of drug-likeness (QED) is 0.409. The Balaban J connectivity index is 2.87. The lowest BCUT2D eigenvalue weighted by Crippen LogP contribution is -2.62. The monoisotopic (exact) mass is 431 g/mol. The van der Waals surface area contributed by atoms with E-state index in [4.69, 9.17) is 23.7 Å². The first kappa shape index (κ1) is 27.1. The largest absolute Gasteiger partial charge is 0.444 e. The molecule has 1 amide bonds. The van der Waals surface area contributed by atoms with E-state index in [1.54, 1.807) is 0 Å². The maximum atomic E-state index is 12.4. The van der Waals surface area contributed by atoms with E-state index in [9.17, 15) is 4.79 Å². The third kappa shape index (κ3) is 10.9. The molecule has 1 saturated heterocycles. The lowest BCUT2D eigenvalue weighted by molar-refractivity contribution is -0.201. The summed E-state index contributed by atoms with van der Waals surface area (Å²) in [6, 6.07) is -0.338. The summed E-state index contributed by atoms with van der Waals surface area (Å²) < 4.78 is 29.8. The Morgan fingerprint density at radius 3 is 2.07 bits per heavy atom. The van der Waals surface area contributed by atoms with Crippen molar-refractivity contribution in [2.75, 3.05) is 33.0 Å². The summed E-state index contributed by atoms with van der Waals surface area (Å²) in [4.78, 5) is 12.4. The molecule has 0 aromatic carbocycles. The second-order valence-corrected chi connectivity index (χ2v) is 8.93. The van der Waals surface area contributed by atoms with Crippen LogP contribution < -0.4 is 5.32 Å². The Morgan fingerprint density at radius 2 is 1.50 bits per heavy atom. The van der Waals surface area contributed by atoms with E-state index in [0.717, 1.165) is 38.5 Å². The van der Waals surface area contributed by atoms with Gasteiger partial charge in [0.2, 0.25) is 0 Å². The van der Waals surface area contributed by atoms with Gasteiger partial charge >= 0.3 is 6.09 Å². The highest BCUT2D eigenvalue weighted by molar-refractivity contribution is 5.68. The Bertz CT molecular complexity index is 453. The van der Waals surface area contributed by atoms with Gasteiger partial charge in [0.1, 0.15) is 23.9 Å². The molecule has 0 unspecified atom stereocenters. The molecule has 1 N–H and O–H groups in total. The normalized spacial score (nSPS) is 24.6. The molecule has 4 atom stereocenters. The van der Waals surface area contributed by atoms with Crippen LogP contribution in [-0.4, -0.2) is 69.1 Å². The predicted molar refractivity (Wildman–Crippen MR) is 118 cm³/mol. The van der Waals surface area contributed by atoms with Crippen LogP contribution in [0.1, 0.15) is 80.1 Å². The second-order valence-electron chi connectivity index (χ2n) is 8.93. The standard InChI is InChI=1S/C23H45NO6/c1-7-10-13-26-17-19-21(28-15-12-9-3)20(27-14-11-8-2)18(16-29-19)24-22(25)30-23(4,5)6/h18-21H,7-17H2,1-6H3,(H,24,25)/t18-,19-,20-,21+/m1/s1. The maximum absolute atomic E-state index is 12.4. The molecule has 30 heavy (non-hydrogen) atoms. The zero-order chi connectivity index (χ0) is 22.4. The highest BCUT2D eigenvalue weighted by atomic mass is 16.6. The molecule has 0 aromatic heterocycles. The van der Waals surface area contributed by atoms with Crippen LogP contribution in [0.25, 0.3) is 0 Å². The van der Waals surface area contributed by atoms with E-state index in [2.05, 4.69) is 26.1 Å². The summed E-state index contributed by atoms with van der Waals surface area (Å²) >= 11 is 0. The molecule has 1 aliphatic heterocycles. The molecular formula is C23H45NO6. The molecular weight excluding hydrogens is 386 g/mol. The third-order valence-electron chi connectivity index (χ3n) is 4.82. The average Bonchev–Trinajstić information content (AvgIpc) is 2.67.